The Morgan fingerprint density at radius 1 is 0.419 bits per heavy atom. The van der Waals surface area contributed by atoms with Crippen molar-refractivity contribution < 1.29 is 42.5 Å². The van der Waals surface area contributed by atoms with Gasteiger partial charge in [0, 0.05) is 5.75 Å². The molecule has 31 heavy (non-hydrogen) atoms. The van der Waals surface area contributed by atoms with Crippen LogP contribution in [-0.2, 0) is 10.1 Å². The SMILES string of the molecule is CCCCCCCCCCCCCCCCCCCCCCCCCCS(=O)(=O)[O-].[Na+]. The molecule has 182 valence electrons. The van der Waals surface area contributed by atoms with Gasteiger partial charge in [-0.25, -0.2) is 8.42 Å². The zero-order chi connectivity index (χ0) is 22.2. The van der Waals surface area contributed by atoms with E-state index in [4.69, 9.17) is 0 Å². The monoisotopic (exact) mass is 468 g/mol. The van der Waals surface area contributed by atoms with E-state index < -0.39 is 10.1 Å². The Hall–Kier alpha value is 0.910. The predicted molar refractivity (Wildman–Crippen MR) is 131 cm³/mol. The zero-order valence-electron chi connectivity index (χ0n) is 21.3. The minimum Gasteiger partial charge on any atom is -0.748 e. The van der Waals surface area contributed by atoms with Crippen LogP contribution in [0, 0.1) is 0 Å². The van der Waals surface area contributed by atoms with Gasteiger partial charge in [-0.2, -0.15) is 0 Å². The predicted octanol–water partition coefficient (Wildman–Crippen LogP) is 5.92. The summed E-state index contributed by atoms with van der Waals surface area (Å²) >= 11 is 0. The number of unbranched alkanes of at least 4 members (excludes halogenated alkanes) is 23. The summed E-state index contributed by atoms with van der Waals surface area (Å²) in [6.45, 7) is 2.29. The molecule has 0 radical (unpaired) electrons. The van der Waals surface area contributed by atoms with Crippen LogP contribution in [0.4, 0.5) is 0 Å². The van der Waals surface area contributed by atoms with Crippen molar-refractivity contribution in [3.05, 3.63) is 0 Å². The third-order valence-electron chi connectivity index (χ3n) is 6.25. The summed E-state index contributed by atoms with van der Waals surface area (Å²) in [5.74, 6) is -0.188. The van der Waals surface area contributed by atoms with E-state index in [9.17, 15) is 13.0 Å². The largest absolute Gasteiger partial charge is 1.00 e. The molecule has 5 heteroatoms. The van der Waals surface area contributed by atoms with E-state index in [0.717, 1.165) is 12.8 Å². The summed E-state index contributed by atoms with van der Waals surface area (Å²) in [5, 5.41) is 0. The van der Waals surface area contributed by atoms with Gasteiger partial charge in [0.05, 0.1) is 10.1 Å². The first-order chi connectivity index (χ1) is 14.6. The molecule has 0 aliphatic carbocycles. The van der Waals surface area contributed by atoms with Crippen molar-refractivity contribution in [2.45, 2.75) is 161 Å². The molecular weight excluding hydrogens is 415 g/mol. The molecular formula is C26H53NaO3S. The average molecular weight is 469 g/mol. The maximum atomic E-state index is 10.5. The van der Waals surface area contributed by atoms with Gasteiger partial charge in [0.15, 0.2) is 0 Å². The molecule has 0 bridgehead atoms. The van der Waals surface area contributed by atoms with Crippen LogP contribution in [0.2, 0.25) is 0 Å². The van der Waals surface area contributed by atoms with Crippen molar-refractivity contribution in [1.82, 2.24) is 0 Å². The van der Waals surface area contributed by atoms with Gasteiger partial charge in [-0.1, -0.05) is 155 Å². The molecule has 0 rings (SSSR count). The summed E-state index contributed by atoms with van der Waals surface area (Å²) < 4.78 is 31.5. The van der Waals surface area contributed by atoms with Crippen LogP contribution in [0.5, 0.6) is 0 Å². The van der Waals surface area contributed by atoms with Crippen LogP contribution >= 0.6 is 0 Å². The molecule has 0 N–H and O–H groups in total. The van der Waals surface area contributed by atoms with Crippen LogP contribution in [0.3, 0.4) is 0 Å². The topological polar surface area (TPSA) is 57.2 Å². The zero-order valence-corrected chi connectivity index (χ0v) is 24.1. The Kier molecular flexibility index (Phi) is 29.9. The minimum atomic E-state index is -4.00. The summed E-state index contributed by atoms with van der Waals surface area (Å²) in [6, 6.07) is 0. The molecule has 0 aromatic heterocycles. The fourth-order valence-electron chi connectivity index (χ4n) is 4.24. The van der Waals surface area contributed by atoms with Gasteiger partial charge in [-0.3, -0.25) is 0 Å². The second-order valence-electron chi connectivity index (χ2n) is 9.39. The van der Waals surface area contributed by atoms with Gasteiger partial charge in [-0.15, -0.1) is 0 Å². The van der Waals surface area contributed by atoms with E-state index in [1.54, 1.807) is 0 Å². The molecule has 0 spiro atoms. The molecule has 0 aromatic rings. The minimum absolute atomic E-state index is 0. The maximum Gasteiger partial charge on any atom is 1.00 e. The van der Waals surface area contributed by atoms with Crippen molar-refractivity contribution in [2.75, 3.05) is 5.75 Å². The van der Waals surface area contributed by atoms with E-state index in [1.807, 2.05) is 0 Å². The maximum absolute atomic E-state index is 10.5. The Morgan fingerprint density at radius 3 is 0.806 bits per heavy atom. The fraction of sp³-hybridized carbons (Fsp3) is 1.00. The molecule has 0 heterocycles. The molecule has 0 saturated carbocycles. The van der Waals surface area contributed by atoms with E-state index >= 15 is 0 Å². The van der Waals surface area contributed by atoms with Crippen molar-refractivity contribution in [3.8, 4) is 0 Å². The van der Waals surface area contributed by atoms with Crippen LogP contribution in [0.15, 0.2) is 0 Å². The molecule has 0 saturated heterocycles. The first kappa shape index (κ1) is 34.1. The molecule has 3 nitrogen and oxygen atoms in total. The second kappa shape index (κ2) is 27.2. The van der Waals surface area contributed by atoms with Crippen molar-refractivity contribution in [1.29, 1.82) is 0 Å². The Morgan fingerprint density at radius 2 is 0.613 bits per heavy atom. The van der Waals surface area contributed by atoms with Crippen LogP contribution in [0.25, 0.3) is 0 Å². The van der Waals surface area contributed by atoms with Crippen molar-refractivity contribution in [3.63, 3.8) is 0 Å². The average Bonchev–Trinajstić information content (AvgIpc) is 2.70. The smallest absolute Gasteiger partial charge is 0.748 e. The van der Waals surface area contributed by atoms with E-state index in [2.05, 4.69) is 6.92 Å². The van der Waals surface area contributed by atoms with Gasteiger partial charge in [-0.05, 0) is 6.42 Å². The summed E-state index contributed by atoms with van der Waals surface area (Å²) in [5.41, 5.74) is 0. The summed E-state index contributed by atoms with van der Waals surface area (Å²) in [7, 11) is -4.00. The molecule has 0 aromatic carbocycles. The van der Waals surface area contributed by atoms with Gasteiger partial charge in [0.2, 0.25) is 0 Å². The molecule has 0 unspecified atom stereocenters. The number of rotatable bonds is 25. The van der Waals surface area contributed by atoms with E-state index in [-0.39, 0.29) is 35.3 Å². The van der Waals surface area contributed by atoms with Gasteiger partial charge < -0.3 is 4.55 Å². The number of hydrogen-bond acceptors (Lipinski definition) is 3. The van der Waals surface area contributed by atoms with Crippen LogP contribution in [0.1, 0.15) is 161 Å². The Labute approximate surface area is 218 Å². The van der Waals surface area contributed by atoms with Crippen molar-refractivity contribution >= 4 is 10.1 Å². The van der Waals surface area contributed by atoms with Gasteiger partial charge in [0.1, 0.15) is 0 Å². The third kappa shape index (κ3) is 33.2. The fourth-order valence-corrected chi connectivity index (χ4v) is 4.80. The van der Waals surface area contributed by atoms with E-state index in [1.165, 1.54) is 135 Å². The number of hydrogen-bond donors (Lipinski definition) is 0. The second-order valence-corrected chi connectivity index (χ2v) is 10.9. The molecule has 0 aliphatic rings. The van der Waals surface area contributed by atoms with Crippen LogP contribution < -0.4 is 29.6 Å². The van der Waals surface area contributed by atoms with Crippen LogP contribution in [-0.4, -0.2) is 18.7 Å². The first-order valence-electron chi connectivity index (χ1n) is 13.5. The summed E-state index contributed by atoms with van der Waals surface area (Å²) in [6.07, 6.45) is 31.8. The van der Waals surface area contributed by atoms with Gasteiger partial charge >= 0.3 is 29.6 Å². The molecule has 0 aliphatic heterocycles. The molecule has 0 fully saturated rings. The molecule has 0 atom stereocenters. The Bertz CT molecular complexity index is 426. The van der Waals surface area contributed by atoms with E-state index in [0.29, 0.717) is 6.42 Å². The third-order valence-corrected chi connectivity index (χ3v) is 7.04. The standard InChI is InChI=1S/C26H54O3S.Na/c1-2-3-4-5-6-7-8-9-10-11-12-13-14-15-16-17-18-19-20-21-22-23-24-25-26-30(27,28)29;/h2-26H2,1H3,(H,27,28,29);/q;+1/p-1. The summed E-state index contributed by atoms with van der Waals surface area (Å²) in [4.78, 5) is 0. The van der Waals surface area contributed by atoms with Gasteiger partial charge in [0.25, 0.3) is 0 Å². The Balaban J connectivity index is 0. The quantitative estimate of drug-likeness (QED) is 0.0949. The molecule has 0 amide bonds. The van der Waals surface area contributed by atoms with Crippen molar-refractivity contribution in [2.24, 2.45) is 0 Å². The first-order valence-corrected chi connectivity index (χ1v) is 15.1. The normalized spacial score (nSPS) is 11.5.